The summed E-state index contributed by atoms with van der Waals surface area (Å²) in [6, 6.07) is 21.3. The molecule has 44 heavy (non-hydrogen) atoms. The second-order valence-corrected chi connectivity index (χ2v) is 13.7. The summed E-state index contributed by atoms with van der Waals surface area (Å²) in [6.07, 6.45) is 4.50. The maximum Gasteiger partial charge on any atom is 0.374 e. The maximum absolute atomic E-state index is 11.4. The van der Waals surface area contributed by atoms with Crippen molar-refractivity contribution in [3.63, 3.8) is 0 Å². The molecule has 12 heteroatoms. The number of aromatic nitrogens is 1. The molecule has 0 fully saturated rings. The Morgan fingerprint density at radius 2 is 1.64 bits per heavy atom. The Hall–Kier alpha value is -3.97. The fourth-order valence-corrected chi connectivity index (χ4v) is 6.13. The van der Waals surface area contributed by atoms with Crippen LogP contribution in [0.4, 0.5) is 5.69 Å². The Balaban J connectivity index is 1.54. The van der Waals surface area contributed by atoms with Crippen LogP contribution >= 0.6 is 0 Å². The fraction of sp³-hybridized carbons (Fsp3) is 0.281. The van der Waals surface area contributed by atoms with E-state index in [1.165, 1.54) is 0 Å². The first-order valence-electron chi connectivity index (χ1n) is 14.3. The van der Waals surface area contributed by atoms with Gasteiger partial charge in [-0.3, -0.25) is 0 Å². The van der Waals surface area contributed by atoms with Gasteiger partial charge in [0.1, 0.15) is 0 Å². The van der Waals surface area contributed by atoms with E-state index in [1.54, 1.807) is 0 Å². The summed E-state index contributed by atoms with van der Waals surface area (Å²) in [6.45, 7) is 4.41. The molecule has 0 spiro atoms. The van der Waals surface area contributed by atoms with E-state index < -0.39 is 31.7 Å². The zero-order chi connectivity index (χ0) is 31.5. The average molecular weight is 638 g/mol. The second-order valence-electron chi connectivity index (χ2n) is 10.7. The monoisotopic (exact) mass is 637 g/mol. The molecule has 10 nitrogen and oxygen atoms in total. The molecule has 0 saturated heterocycles. The SMILES string of the molecule is CCC(=C\c1oc2ccc(-c3ccccc3)cc2[n+]1CCCS(=O)(=O)[O-])/C=C1/Oc2ccc(C)cc2N1CCCS(=O)(=O)[O-]. The normalized spacial score (nSPS) is 14.8. The highest BCUT2D eigenvalue weighted by Gasteiger charge is 2.27. The predicted octanol–water partition coefficient (Wildman–Crippen LogP) is 5.10. The number of ether oxygens (including phenoxy) is 1. The van der Waals surface area contributed by atoms with Gasteiger partial charge in [-0.05, 0) is 60.2 Å². The Labute approximate surface area is 257 Å². The van der Waals surface area contributed by atoms with Crippen LogP contribution in [0.15, 0.2) is 88.7 Å². The van der Waals surface area contributed by atoms with Gasteiger partial charge in [0.05, 0.1) is 32.0 Å². The molecule has 1 aliphatic heterocycles. The first-order valence-corrected chi connectivity index (χ1v) is 17.4. The number of allylic oxidation sites excluding steroid dienone is 2. The van der Waals surface area contributed by atoms with Crippen molar-refractivity contribution in [1.29, 1.82) is 0 Å². The molecular weight excluding hydrogens is 604 g/mol. The molecule has 0 amide bonds. The highest BCUT2D eigenvalue weighted by atomic mass is 32.2. The summed E-state index contributed by atoms with van der Waals surface area (Å²) < 4.78 is 82.1. The molecule has 0 saturated carbocycles. The van der Waals surface area contributed by atoms with E-state index in [4.69, 9.17) is 9.15 Å². The van der Waals surface area contributed by atoms with Crippen LogP contribution < -0.4 is 14.2 Å². The number of benzene rings is 3. The molecule has 2 heterocycles. The van der Waals surface area contributed by atoms with E-state index in [9.17, 15) is 25.9 Å². The van der Waals surface area contributed by atoms with Crippen LogP contribution in [-0.2, 0) is 26.8 Å². The molecule has 1 aromatic heterocycles. The van der Waals surface area contributed by atoms with Crippen LogP contribution in [0.25, 0.3) is 28.3 Å². The lowest BCUT2D eigenvalue weighted by atomic mass is 10.1. The van der Waals surface area contributed by atoms with Crippen molar-refractivity contribution in [2.45, 2.75) is 39.7 Å². The predicted molar refractivity (Wildman–Crippen MR) is 166 cm³/mol. The number of anilines is 1. The fourth-order valence-electron chi connectivity index (χ4n) is 5.16. The Morgan fingerprint density at radius 1 is 0.909 bits per heavy atom. The van der Waals surface area contributed by atoms with Crippen molar-refractivity contribution < 1.29 is 39.7 Å². The number of hydrogen-bond acceptors (Lipinski definition) is 9. The van der Waals surface area contributed by atoms with E-state index in [0.29, 0.717) is 29.5 Å². The van der Waals surface area contributed by atoms with E-state index in [1.807, 2.05) is 102 Å². The van der Waals surface area contributed by atoms with E-state index in [-0.39, 0.29) is 25.9 Å². The van der Waals surface area contributed by atoms with Gasteiger partial charge in [0.15, 0.2) is 12.3 Å². The minimum atomic E-state index is -4.39. The quantitative estimate of drug-likeness (QED) is 0.153. The van der Waals surface area contributed by atoms with Crippen LogP contribution in [0, 0.1) is 6.92 Å². The summed E-state index contributed by atoms with van der Waals surface area (Å²) in [5.74, 6) is 0.579. The largest absolute Gasteiger partial charge is 0.748 e. The van der Waals surface area contributed by atoms with Gasteiger partial charge in [-0.1, -0.05) is 49.4 Å². The van der Waals surface area contributed by atoms with Crippen molar-refractivity contribution in [2.75, 3.05) is 23.0 Å². The first-order chi connectivity index (χ1) is 20.9. The number of aryl methyl sites for hydroxylation is 2. The van der Waals surface area contributed by atoms with Crippen molar-refractivity contribution in [3.8, 4) is 16.9 Å². The molecule has 0 bridgehead atoms. The topological polar surface area (TPSA) is 144 Å². The molecule has 0 atom stereocenters. The zero-order valence-electron chi connectivity index (χ0n) is 24.4. The summed E-state index contributed by atoms with van der Waals surface area (Å²) in [7, 11) is -8.75. The van der Waals surface area contributed by atoms with Crippen molar-refractivity contribution in [2.24, 2.45) is 0 Å². The van der Waals surface area contributed by atoms with E-state index in [2.05, 4.69) is 0 Å². The minimum Gasteiger partial charge on any atom is -0.748 e. The third kappa shape index (κ3) is 7.75. The van der Waals surface area contributed by atoms with Crippen LogP contribution in [0.2, 0.25) is 0 Å². The Bertz CT molecular complexity index is 1950. The lowest BCUT2D eigenvalue weighted by molar-refractivity contribution is -0.677. The summed E-state index contributed by atoms with van der Waals surface area (Å²) >= 11 is 0. The van der Waals surface area contributed by atoms with Gasteiger partial charge in [-0.25, -0.2) is 16.8 Å². The van der Waals surface area contributed by atoms with Gasteiger partial charge < -0.3 is 23.2 Å². The van der Waals surface area contributed by atoms with E-state index >= 15 is 0 Å². The third-order valence-corrected chi connectivity index (χ3v) is 8.88. The molecule has 1 aliphatic rings. The molecular formula is C32H33N2O8S2-. The van der Waals surface area contributed by atoms with Crippen LogP contribution in [0.5, 0.6) is 5.75 Å². The highest BCUT2D eigenvalue weighted by Crippen LogP contribution is 2.40. The summed E-state index contributed by atoms with van der Waals surface area (Å²) in [5.41, 5.74) is 5.92. The lowest BCUT2D eigenvalue weighted by Crippen LogP contribution is -2.36. The van der Waals surface area contributed by atoms with Crippen molar-refractivity contribution in [1.82, 2.24) is 0 Å². The highest BCUT2D eigenvalue weighted by molar-refractivity contribution is 7.85. The zero-order valence-corrected chi connectivity index (χ0v) is 26.1. The Morgan fingerprint density at radius 3 is 2.34 bits per heavy atom. The van der Waals surface area contributed by atoms with Crippen LogP contribution in [0.1, 0.15) is 37.6 Å². The van der Waals surface area contributed by atoms with Gasteiger partial charge in [0.25, 0.3) is 5.52 Å². The number of rotatable bonds is 12. The van der Waals surface area contributed by atoms with Gasteiger partial charge in [0.2, 0.25) is 11.5 Å². The molecule has 4 aromatic rings. The first kappa shape index (κ1) is 31.5. The van der Waals surface area contributed by atoms with Crippen molar-refractivity contribution >= 4 is 43.1 Å². The second kappa shape index (κ2) is 12.9. The number of hydrogen-bond donors (Lipinski definition) is 0. The molecule has 0 aliphatic carbocycles. The molecule has 0 radical (unpaired) electrons. The third-order valence-electron chi connectivity index (χ3n) is 7.30. The average Bonchev–Trinajstić information content (AvgIpc) is 3.48. The number of fused-ring (bicyclic) bond motifs is 2. The van der Waals surface area contributed by atoms with E-state index in [0.717, 1.165) is 33.5 Å². The molecule has 0 N–H and O–H groups in total. The minimum absolute atomic E-state index is 0.109. The van der Waals surface area contributed by atoms with Crippen LogP contribution in [-0.4, -0.2) is 44.0 Å². The molecule has 0 unspecified atom stereocenters. The summed E-state index contributed by atoms with van der Waals surface area (Å²) in [4.78, 5) is 1.86. The smallest absolute Gasteiger partial charge is 0.374 e. The Kier molecular flexibility index (Phi) is 9.26. The number of nitrogens with zero attached hydrogens (tertiary/aromatic N) is 2. The van der Waals surface area contributed by atoms with Crippen LogP contribution in [0.3, 0.4) is 0 Å². The molecule has 5 rings (SSSR count). The van der Waals surface area contributed by atoms with Gasteiger partial charge >= 0.3 is 5.89 Å². The maximum atomic E-state index is 11.4. The van der Waals surface area contributed by atoms with Gasteiger partial charge in [0, 0.05) is 36.6 Å². The standard InChI is InChI=1S/C32H34N2O8S2/c1-3-24(20-31-33(15-7-17-43(35,36)37)27-19-23(2)11-13-29(27)41-31)21-32-34(16-8-18-44(38,39)40)28-22-26(12-14-30(28)42-32)25-9-5-4-6-10-25/h4-6,9-14,19-22H,3,7-8,15-18H2,1-2H3,(H-,35,36,37,38,39,40)/p-1. The molecule has 232 valence electrons. The van der Waals surface area contributed by atoms with Gasteiger partial charge in [-0.15, -0.1) is 0 Å². The number of oxazole rings is 1. The summed E-state index contributed by atoms with van der Waals surface area (Å²) in [5, 5.41) is 0. The van der Waals surface area contributed by atoms with Gasteiger partial charge in [-0.2, -0.15) is 4.57 Å². The lowest BCUT2D eigenvalue weighted by Gasteiger charge is -2.19. The molecule has 3 aromatic carbocycles. The van der Waals surface area contributed by atoms with Crippen molar-refractivity contribution in [3.05, 3.63) is 95.7 Å².